The molecule has 0 unspecified atom stereocenters. The van der Waals surface area contributed by atoms with Gasteiger partial charge in [-0.15, -0.1) is 10.2 Å². The van der Waals surface area contributed by atoms with E-state index in [1.165, 1.54) is 34.3 Å². The topological polar surface area (TPSA) is 110 Å². The molecule has 0 spiro atoms. The predicted molar refractivity (Wildman–Crippen MR) is 157 cm³/mol. The number of para-hydroxylation sites is 2. The van der Waals surface area contributed by atoms with E-state index in [0.29, 0.717) is 22.4 Å². The fraction of sp³-hybridized carbons (Fsp3) is 0.107. The maximum Gasteiger partial charge on any atom is 0.264 e. The van der Waals surface area contributed by atoms with E-state index < -0.39 is 10.0 Å². The van der Waals surface area contributed by atoms with Crippen molar-refractivity contribution >= 4 is 50.7 Å². The molecule has 0 aliphatic rings. The number of carbonyl (C=O) groups excluding carboxylic acids is 1. The molecular weight excluding hydrogens is 570 g/mol. The number of sulfonamides is 1. The van der Waals surface area contributed by atoms with Crippen molar-refractivity contribution in [1.29, 1.82) is 0 Å². The Morgan fingerprint density at radius 1 is 1.00 bits per heavy atom. The molecule has 12 heteroatoms. The van der Waals surface area contributed by atoms with Gasteiger partial charge in [0, 0.05) is 12.2 Å². The Bertz CT molecular complexity index is 1710. The number of carbonyl (C=O) groups is 1. The van der Waals surface area contributed by atoms with E-state index in [9.17, 15) is 13.2 Å². The van der Waals surface area contributed by atoms with Crippen LogP contribution in [0.4, 0.5) is 11.4 Å². The van der Waals surface area contributed by atoms with Crippen molar-refractivity contribution in [2.24, 2.45) is 0 Å². The molecule has 0 atom stereocenters. The summed E-state index contributed by atoms with van der Waals surface area (Å²) in [5, 5.41) is 12.0. The Morgan fingerprint density at radius 3 is 2.40 bits per heavy atom. The Morgan fingerprint density at radius 2 is 1.73 bits per heavy atom. The SMILES string of the molecule is CCN(c1ccccc1)S(=O)(=O)c1ccc(Cl)c(NC(=O)CSc2nnc(-c3ccco3)n2-c2ccccc2)c1. The third kappa shape index (κ3) is 5.76. The van der Waals surface area contributed by atoms with Gasteiger partial charge in [0.15, 0.2) is 10.9 Å². The van der Waals surface area contributed by atoms with Crippen LogP contribution in [0.5, 0.6) is 0 Å². The van der Waals surface area contributed by atoms with Crippen molar-refractivity contribution < 1.29 is 17.6 Å². The maximum atomic E-state index is 13.4. The molecule has 0 aliphatic heterocycles. The van der Waals surface area contributed by atoms with Crippen LogP contribution in [0.1, 0.15) is 6.92 Å². The molecule has 0 bridgehead atoms. The van der Waals surface area contributed by atoms with E-state index >= 15 is 0 Å². The predicted octanol–water partition coefficient (Wildman–Crippen LogP) is 6.13. The summed E-state index contributed by atoms with van der Waals surface area (Å²) in [6.45, 7) is 1.99. The second-order valence-electron chi connectivity index (χ2n) is 8.44. The highest BCUT2D eigenvalue weighted by Gasteiger charge is 2.25. The lowest BCUT2D eigenvalue weighted by molar-refractivity contribution is -0.113. The number of aromatic nitrogens is 3. The zero-order chi connectivity index (χ0) is 28.1. The van der Waals surface area contributed by atoms with E-state index in [2.05, 4.69) is 15.5 Å². The lowest BCUT2D eigenvalue weighted by Gasteiger charge is -2.23. The lowest BCUT2D eigenvalue weighted by atomic mass is 10.3. The van der Waals surface area contributed by atoms with Gasteiger partial charge in [0.1, 0.15) is 0 Å². The molecular formula is C28H24ClN5O4S2. The van der Waals surface area contributed by atoms with E-state index in [1.54, 1.807) is 54.2 Å². The summed E-state index contributed by atoms with van der Waals surface area (Å²) in [6, 6.07) is 26.1. The largest absolute Gasteiger partial charge is 0.461 e. The summed E-state index contributed by atoms with van der Waals surface area (Å²) in [6.07, 6.45) is 1.55. The van der Waals surface area contributed by atoms with Crippen LogP contribution >= 0.6 is 23.4 Å². The molecule has 1 amide bonds. The molecule has 0 radical (unpaired) electrons. The maximum absolute atomic E-state index is 13.4. The molecule has 2 heterocycles. The number of nitrogens with one attached hydrogen (secondary N) is 1. The van der Waals surface area contributed by atoms with Gasteiger partial charge in [0.05, 0.1) is 33.3 Å². The smallest absolute Gasteiger partial charge is 0.264 e. The summed E-state index contributed by atoms with van der Waals surface area (Å²) in [5.41, 5.74) is 1.54. The van der Waals surface area contributed by atoms with Gasteiger partial charge in [-0.3, -0.25) is 13.7 Å². The Balaban J connectivity index is 1.35. The van der Waals surface area contributed by atoms with Crippen LogP contribution in [0.2, 0.25) is 5.02 Å². The van der Waals surface area contributed by atoms with Gasteiger partial charge in [-0.25, -0.2) is 8.42 Å². The first-order chi connectivity index (χ1) is 19.4. The second-order valence-corrected chi connectivity index (χ2v) is 11.7. The number of anilines is 2. The molecule has 2 aromatic heterocycles. The molecule has 204 valence electrons. The highest BCUT2D eigenvalue weighted by Crippen LogP contribution is 2.31. The van der Waals surface area contributed by atoms with E-state index in [4.69, 9.17) is 16.0 Å². The fourth-order valence-electron chi connectivity index (χ4n) is 4.03. The third-order valence-corrected chi connectivity index (χ3v) is 9.01. The number of rotatable bonds is 10. The standard InChI is InChI=1S/C28H24ClN5O4S2/c1-2-33(20-10-5-3-6-11-20)40(36,37)22-15-16-23(29)24(18-22)30-26(35)19-39-28-32-31-27(25-14-9-17-38-25)34(28)21-12-7-4-8-13-21/h3-18H,2,19H2,1H3,(H,30,35). The monoisotopic (exact) mass is 593 g/mol. The first-order valence-corrected chi connectivity index (χ1v) is 15.0. The minimum atomic E-state index is -3.90. The summed E-state index contributed by atoms with van der Waals surface area (Å²) in [5.74, 6) is 0.619. The highest BCUT2D eigenvalue weighted by atomic mass is 35.5. The fourth-order valence-corrected chi connectivity index (χ4v) is 6.45. The van der Waals surface area contributed by atoms with E-state index in [0.717, 1.165) is 5.69 Å². The second kappa shape index (κ2) is 12.0. The van der Waals surface area contributed by atoms with E-state index in [-0.39, 0.29) is 33.8 Å². The Kier molecular flexibility index (Phi) is 8.24. The van der Waals surface area contributed by atoms with Crippen molar-refractivity contribution in [1.82, 2.24) is 14.8 Å². The van der Waals surface area contributed by atoms with Crippen LogP contribution in [0.3, 0.4) is 0 Å². The van der Waals surface area contributed by atoms with Crippen LogP contribution in [-0.4, -0.2) is 41.4 Å². The first kappa shape index (κ1) is 27.5. The number of benzene rings is 3. The minimum absolute atomic E-state index is 0.0115. The van der Waals surface area contributed by atoms with Crippen LogP contribution in [0, 0.1) is 0 Å². The van der Waals surface area contributed by atoms with Crippen LogP contribution in [-0.2, 0) is 14.8 Å². The normalized spacial score (nSPS) is 11.3. The van der Waals surface area contributed by atoms with Crippen LogP contribution in [0.15, 0.2) is 112 Å². The summed E-state index contributed by atoms with van der Waals surface area (Å²) in [4.78, 5) is 13.0. The summed E-state index contributed by atoms with van der Waals surface area (Å²) in [7, 11) is -3.90. The summed E-state index contributed by atoms with van der Waals surface area (Å²) < 4.78 is 35.5. The highest BCUT2D eigenvalue weighted by molar-refractivity contribution is 7.99. The molecule has 0 saturated carbocycles. The Labute approximate surface area is 240 Å². The number of nitrogens with zero attached hydrogens (tertiary/aromatic N) is 4. The molecule has 5 rings (SSSR count). The molecule has 0 saturated heterocycles. The molecule has 40 heavy (non-hydrogen) atoms. The average Bonchev–Trinajstić information content (AvgIpc) is 3.65. The number of hydrogen-bond donors (Lipinski definition) is 1. The number of thioether (sulfide) groups is 1. The van der Waals surface area contributed by atoms with Crippen molar-refractivity contribution in [2.75, 3.05) is 21.9 Å². The molecule has 0 fully saturated rings. The molecule has 3 aromatic carbocycles. The quantitative estimate of drug-likeness (QED) is 0.194. The van der Waals surface area contributed by atoms with Crippen molar-refractivity contribution in [2.45, 2.75) is 17.0 Å². The number of halogens is 1. The molecule has 5 aromatic rings. The first-order valence-electron chi connectivity index (χ1n) is 12.2. The minimum Gasteiger partial charge on any atom is -0.461 e. The lowest BCUT2D eigenvalue weighted by Crippen LogP contribution is -2.30. The summed E-state index contributed by atoms with van der Waals surface area (Å²) >= 11 is 7.51. The van der Waals surface area contributed by atoms with Crippen LogP contribution < -0.4 is 9.62 Å². The zero-order valence-corrected chi connectivity index (χ0v) is 23.7. The van der Waals surface area contributed by atoms with Gasteiger partial charge >= 0.3 is 0 Å². The van der Waals surface area contributed by atoms with Crippen molar-refractivity contribution in [3.63, 3.8) is 0 Å². The van der Waals surface area contributed by atoms with E-state index in [1.807, 2.05) is 36.4 Å². The van der Waals surface area contributed by atoms with Gasteiger partial charge in [0.2, 0.25) is 11.7 Å². The molecule has 9 nitrogen and oxygen atoms in total. The number of amides is 1. The van der Waals surface area contributed by atoms with Gasteiger partial charge in [-0.2, -0.15) is 0 Å². The van der Waals surface area contributed by atoms with Crippen molar-refractivity contribution in [3.05, 3.63) is 102 Å². The molecule has 1 N–H and O–H groups in total. The van der Waals surface area contributed by atoms with Gasteiger partial charge < -0.3 is 9.73 Å². The third-order valence-electron chi connectivity index (χ3n) is 5.85. The van der Waals surface area contributed by atoms with Crippen molar-refractivity contribution in [3.8, 4) is 17.3 Å². The van der Waals surface area contributed by atoms with Gasteiger partial charge in [-0.1, -0.05) is 59.8 Å². The number of furan rings is 1. The number of hydrogen-bond acceptors (Lipinski definition) is 7. The zero-order valence-electron chi connectivity index (χ0n) is 21.3. The van der Waals surface area contributed by atoms with Gasteiger partial charge in [0.25, 0.3) is 10.0 Å². The molecule has 0 aliphatic carbocycles. The van der Waals surface area contributed by atoms with Crippen LogP contribution in [0.25, 0.3) is 17.3 Å². The average molecular weight is 594 g/mol. The van der Waals surface area contributed by atoms with Gasteiger partial charge in [-0.05, 0) is 61.5 Å². The Hall–Kier alpha value is -4.06.